The van der Waals surface area contributed by atoms with Crippen LogP contribution < -0.4 is 0 Å². The normalized spacial score (nSPS) is 49.6. The summed E-state index contributed by atoms with van der Waals surface area (Å²) in [5.74, 6) is 1.87. The van der Waals surface area contributed by atoms with Gasteiger partial charge in [-0.1, -0.05) is 13.3 Å². The van der Waals surface area contributed by atoms with Crippen LogP contribution in [0.4, 0.5) is 0 Å². The van der Waals surface area contributed by atoms with Crippen molar-refractivity contribution in [3.8, 4) is 0 Å². The van der Waals surface area contributed by atoms with Gasteiger partial charge in [-0.25, -0.2) is 0 Å². The molecule has 0 spiro atoms. The Labute approximate surface area is 74.6 Å². The maximum absolute atomic E-state index is 4.67. The molecule has 0 amide bonds. The third-order valence-electron chi connectivity index (χ3n) is 3.41. The van der Waals surface area contributed by atoms with Crippen LogP contribution in [0.25, 0.3) is 0 Å². The lowest BCUT2D eigenvalue weighted by Gasteiger charge is -2.49. The van der Waals surface area contributed by atoms with Crippen LogP contribution in [-0.4, -0.2) is 23.4 Å². The number of nitrogens with zero attached hydrogens (tertiary/aromatic N) is 1. The molecule has 1 nitrogen and oxygen atoms in total. The number of piperidine rings is 3. The summed E-state index contributed by atoms with van der Waals surface area (Å²) in [6, 6.07) is 0. The van der Waals surface area contributed by atoms with E-state index in [1.54, 1.807) is 0 Å². The first kappa shape index (κ1) is 7.93. The predicted octanol–water partition coefficient (Wildman–Crippen LogP) is 1.99. The van der Waals surface area contributed by atoms with Gasteiger partial charge in [0.1, 0.15) is 0 Å². The molecule has 11 heavy (non-hydrogen) atoms. The Hall–Kier alpha value is 0.310. The van der Waals surface area contributed by atoms with E-state index in [0.29, 0.717) is 5.37 Å². The largest absolute Gasteiger partial charge is 0.291 e. The van der Waals surface area contributed by atoms with Gasteiger partial charge in [0, 0.05) is 0 Å². The second-order valence-electron chi connectivity index (χ2n) is 3.86. The standard InChI is InChI=1S/C9H17NS/c1-2-8-7-3-5-10(6-4-7)9(8)11/h7-9,11H,2-6H2,1H3. The second-order valence-corrected chi connectivity index (χ2v) is 4.39. The van der Waals surface area contributed by atoms with Gasteiger partial charge in [-0.15, -0.1) is 0 Å². The molecule has 0 aromatic rings. The average Bonchev–Trinajstić information content (AvgIpc) is 2.06. The minimum absolute atomic E-state index is 0.576. The van der Waals surface area contributed by atoms with E-state index in [0.717, 1.165) is 11.8 Å². The molecule has 3 heterocycles. The highest BCUT2D eigenvalue weighted by Gasteiger charge is 2.38. The summed E-state index contributed by atoms with van der Waals surface area (Å²) in [5.41, 5.74) is 0. The van der Waals surface area contributed by atoms with Crippen molar-refractivity contribution >= 4 is 12.6 Å². The highest BCUT2D eigenvalue weighted by atomic mass is 32.1. The zero-order valence-corrected chi connectivity index (χ0v) is 8.06. The summed E-state index contributed by atoms with van der Waals surface area (Å²) >= 11 is 4.67. The Bertz CT molecular complexity index is 138. The molecule has 0 aliphatic carbocycles. The van der Waals surface area contributed by atoms with Crippen molar-refractivity contribution in [3.63, 3.8) is 0 Å². The maximum Gasteiger partial charge on any atom is 0.0558 e. The zero-order valence-electron chi connectivity index (χ0n) is 7.16. The summed E-state index contributed by atoms with van der Waals surface area (Å²) in [7, 11) is 0. The molecule has 0 N–H and O–H groups in total. The van der Waals surface area contributed by atoms with Crippen molar-refractivity contribution in [1.29, 1.82) is 0 Å². The van der Waals surface area contributed by atoms with Gasteiger partial charge in [0.2, 0.25) is 0 Å². The Morgan fingerprint density at radius 3 is 2.36 bits per heavy atom. The lowest BCUT2D eigenvalue weighted by Crippen LogP contribution is -2.52. The van der Waals surface area contributed by atoms with E-state index >= 15 is 0 Å². The van der Waals surface area contributed by atoms with Gasteiger partial charge in [-0.2, -0.15) is 12.6 Å². The van der Waals surface area contributed by atoms with Crippen LogP contribution in [-0.2, 0) is 0 Å². The molecular weight excluding hydrogens is 154 g/mol. The molecule has 64 valence electrons. The fourth-order valence-electron chi connectivity index (χ4n) is 2.67. The van der Waals surface area contributed by atoms with Crippen molar-refractivity contribution in [2.45, 2.75) is 31.6 Å². The van der Waals surface area contributed by atoms with Gasteiger partial charge in [0.15, 0.2) is 0 Å². The molecule has 3 rings (SSSR count). The van der Waals surface area contributed by atoms with Crippen molar-refractivity contribution < 1.29 is 0 Å². The van der Waals surface area contributed by atoms with Gasteiger partial charge >= 0.3 is 0 Å². The molecule has 3 aliphatic rings. The summed E-state index contributed by atoms with van der Waals surface area (Å²) in [6.45, 7) is 4.90. The molecule has 3 fully saturated rings. The van der Waals surface area contributed by atoms with E-state index in [9.17, 15) is 0 Å². The third kappa shape index (κ3) is 1.20. The fraction of sp³-hybridized carbons (Fsp3) is 1.00. The van der Waals surface area contributed by atoms with Crippen molar-refractivity contribution in [2.24, 2.45) is 11.8 Å². The Morgan fingerprint density at radius 2 is 2.00 bits per heavy atom. The minimum atomic E-state index is 0.576. The topological polar surface area (TPSA) is 3.24 Å². The monoisotopic (exact) mass is 171 g/mol. The first-order valence-corrected chi connectivity index (χ1v) is 5.26. The summed E-state index contributed by atoms with van der Waals surface area (Å²) < 4.78 is 0. The molecule has 0 radical (unpaired) electrons. The first-order chi connectivity index (χ1) is 5.33. The maximum atomic E-state index is 4.67. The fourth-order valence-corrected chi connectivity index (χ4v) is 3.36. The number of thiol groups is 1. The molecule has 2 bridgehead atoms. The number of hydrogen-bond acceptors (Lipinski definition) is 2. The van der Waals surface area contributed by atoms with Crippen LogP contribution in [0.3, 0.4) is 0 Å². The van der Waals surface area contributed by atoms with Gasteiger partial charge in [0.05, 0.1) is 5.37 Å². The third-order valence-corrected chi connectivity index (χ3v) is 4.12. The van der Waals surface area contributed by atoms with E-state index in [1.807, 2.05) is 0 Å². The van der Waals surface area contributed by atoms with Crippen molar-refractivity contribution in [1.82, 2.24) is 4.90 Å². The van der Waals surface area contributed by atoms with Gasteiger partial charge in [-0.05, 0) is 37.8 Å². The molecule has 2 atom stereocenters. The van der Waals surface area contributed by atoms with E-state index in [2.05, 4.69) is 24.5 Å². The van der Waals surface area contributed by atoms with E-state index in [1.165, 1.54) is 32.4 Å². The second kappa shape index (κ2) is 2.98. The molecule has 0 aromatic carbocycles. The van der Waals surface area contributed by atoms with Gasteiger partial charge in [0.25, 0.3) is 0 Å². The molecule has 3 aliphatic heterocycles. The summed E-state index contributed by atoms with van der Waals surface area (Å²) in [5, 5.41) is 0.576. The number of hydrogen-bond donors (Lipinski definition) is 1. The summed E-state index contributed by atoms with van der Waals surface area (Å²) in [6.07, 6.45) is 4.17. The molecule has 2 unspecified atom stereocenters. The Morgan fingerprint density at radius 1 is 1.36 bits per heavy atom. The minimum Gasteiger partial charge on any atom is -0.291 e. The highest BCUT2D eigenvalue weighted by molar-refractivity contribution is 7.80. The number of rotatable bonds is 1. The summed E-state index contributed by atoms with van der Waals surface area (Å²) in [4.78, 5) is 2.54. The van der Waals surface area contributed by atoms with E-state index in [-0.39, 0.29) is 0 Å². The van der Waals surface area contributed by atoms with Gasteiger partial charge < -0.3 is 0 Å². The van der Waals surface area contributed by atoms with Crippen LogP contribution in [0.1, 0.15) is 26.2 Å². The number of fused-ring (bicyclic) bond motifs is 3. The Kier molecular flexibility index (Phi) is 2.15. The van der Waals surface area contributed by atoms with Crippen LogP contribution in [0.15, 0.2) is 0 Å². The van der Waals surface area contributed by atoms with Crippen LogP contribution in [0.5, 0.6) is 0 Å². The van der Waals surface area contributed by atoms with E-state index in [4.69, 9.17) is 0 Å². The smallest absolute Gasteiger partial charge is 0.0558 e. The van der Waals surface area contributed by atoms with E-state index < -0.39 is 0 Å². The molecule has 3 saturated heterocycles. The SMILES string of the molecule is CCC1C2CCN(CC2)C1S. The van der Waals surface area contributed by atoms with Crippen molar-refractivity contribution in [3.05, 3.63) is 0 Å². The molecule has 2 heteroatoms. The van der Waals surface area contributed by atoms with Gasteiger partial charge in [-0.3, -0.25) is 4.90 Å². The molecule has 0 aromatic heterocycles. The lowest BCUT2D eigenvalue weighted by molar-refractivity contribution is 0.0322. The predicted molar refractivity (Wildman–Crippen MR) is 50.9 cm³/mol. The zero-order chi connectivity index (χ0) is 7.84. The van der Waals surface area contributed by atoms with Crippen molar-refractivity contribution in [2.75, 3.05) is 13.1 Å². The first-order valence-electron chi connectivity index (χ1n) is 4.75. The average molecular weight is 171 g/mol. The van der Waals surface area contributed by atoms with Crippen LogP contribution >= 0.6 is 12.6 Å². The molecular formula is C9H17NS. The highest BCUT2D eigenvalue weighted by Crippen LogP contribution is 2.39. The van der Waals surface area contributed by atoms with Crippen LogP contribution in [0, 0.1) is 11.8 Å². The quantitative estimate of drug-likeness (QED) is 0.591. The molecule has 0 saturated carbocycles. The Balaban J connectivity index is 2.10. The lowest BCUT2D eigenvalue weighted by atomic mass is 9.77. The van der Waals surface area contributed by atoms with Crippen LogP contribution in [0.2, 0.25) is 0 Å².